The van der Waals surface area contributed by atoms with Gasteiger partial charge in [0.05, 0.1) is 0 Å². The molecule has 0 fully saturated rings. The molecule has 0 aliphatic heterocycles. The zero-order valence-electron chi connectivity index (χ0n) is 14.4. The van der Waals surface area contributed by atoms with Gasteiger partial charge in [-0.15, -0.1) is 0 Å². The Bertz CT molecular complexity index is 543. The Morgan fingerprint density at radius 2 is 2.04 bits per heavy atom. The number of rotatable bonds is 7. The van der Waals surface area contributed by atoms with Gasteiger partial charge in [0.25, 0.3) is 0 Å². The normalized spacial score (nSPS) is 11.5. The molecule has 5 nitrogen and oxygen atoms in total. The molecule has 0 spiro atoms. The third kappa shape index (κ3) is 8.02. The van der Waals surface area contributed by atoms with Crippen LogP contribution < -0.4 is 16.0 Å². The van der Waals surface area contributed by atoms with Crippen molar-refractivity contribution in [2.75, 3.05) is 25.0 Å². The molecule has 3 N–H and O–H groups in total. The molecule has 6 heteroatoms. The quantitative estimate of drug-likeness (QED) is 0.500. The molecule has 1 amide bonds. The first-order chi connectivity index (χ1) is 10.9. The summed E-state index contributed by atoms with van der Waals surface area (Å²) >= 11 is 3.41. The molecule has 0 atom stereocenters. The highest BCUT2D eigenvalue weighted by atomic mass is 79.9. The van der Waals surface area contributed by atoms with Gasteiger partial charge >= 0.3 is 0 Å². The van der Waals surface area contributed by atoms with Gasteiger partial charge in [-0.05, 0) is 43.9 Å². The summed E-state index contributed by atoms with van der Waals surface area (Å²) in [4.78, 5) is 16.4. The lowest BCUT2D eigenvalue weighted by Gasteiger charge is -2.12. The number of guanidine groups is 1. The van der Waals surface area contributed by atoms with Crippen molar-refractivity contribution in [3.63, 3.8) is 0 Å². The SMILES string of the molecule is CCNC(=NCC(=O)Nc1cc(Br)ccc1C)NCCC(C)C. The van der Waals surface area contributed by atoms with Crippen LogP contribution in [0.25, 0.3) is 0 Å². The van der Waals surface area contributed by atoms with Gasteiger partial charge in [0, 0.05) is 23.2 Å². The van der Waals surface area contributed by atoms with E-state index in [9.17, 15) is 4.79 Å². The van der Waals surface area contributed by atoms with E-state index in [1.807, 2.05) is 32.0 Å². The van der Waals surface area contributed by atoms with Gasteiger partial charge in [0.2, 0.25) is 5.91 Å². The van der Waals surface area contributed by atoms with Crippen molar-refractivity contribution in [1.29, 1.82) is 0 Å². The Hall–Kier alpha value is -1.56. The smallest absolute Gasteiger partial charge is 0.246 e. The lowest BCUT2D eigenvalue weighted by molar-refractivity contribution is -0.114. The van der Waals surface area contributed by atoms with E-state index in [1.54, 1.807) is 0 Å². The number of halogens is 1. The molecule has 1 rings (SSSR count). The van der Waals surface area contributed by atoms with Crippen molar-refractivity contribution in [1.82, 2.24) is 10.6 Å². The van der Waals surface area contributed by atoms with E-state index < -0.39 is 0 Å². The molecular weight excluding hydrogens is 356 g/mol. The Labute approximate surface area is 147 Å². The largest absolute Gasteiger partial charge is 0.357 e. The van der Waals surface area contributed by atoms with Crippen LogP contribution in [-0.4, -0.2) is 31.5 Å². The van der Waals surface area contributed by atoms with Crippen LogP contribution in [0, 0.1) is 12.8 Å². The predicted molar refractivity (Wildman–Crippen MR) is 101 cm³/mol. The number of nitrogens with one attached hydrogen (secondary N) is 3. The highest BCUT2D eigenvalue weighted by molar-refractivity contribution is 9.10. The number of aliphatic imine (C=N–C) groups is 1. The van der Waals surface area contributed by atoms with Crippen molar-refractivity contribution < 1.29 is 4.79 Å². The van der Waals surface area contributed by atoms with Gasteiger partial charge in [-0.1, -0.05) is 35.8 Å². The second kappa shape index (κ2) is 10.3. The topological polar surface area (TPSA) is 65.5 Å². The van der Waals surface area contributed by atoms with E-state index in [0.29, 0.717) is 11.9 Å². The van der Waals surface area contributed by atoms with E-state index in [-0.39, 0.29) is 12.5 Å². The number of carbonyl (C=O) groups excluding carboxylic acids is 1. The first-order valence-corrected chi connectivity index (χ1v) is 8.79. The molecule has 0 bridgehead atoms. The van der Waals surface area contributed by atoms with Crippen LogP contribution in [-0.2, 0) is 4.79 Å². The molecule has 0 aliphatic rings. The number of carbonyl (C=O) groups is 1. The summed E-state index contributed by atoms with van der Waals surface area (Å²) in [6, 6.07) is 5.80. The predicted octanol–water partition coefficient (Wildman–Crippen LogP) is 3.30. The standard InChI is InChI=1S/C17H27BrN4O/c1-5-19-17(20-9-8-12(2)3)21-11-16(23)22-15-10-14(18)7-6-13(15)4/h6-7,10,12H,5,8-9,11H2,1-4H3,(H,22,23)(H2,19,20,21). The van der Waals surface area contributed by atoms with Gasteiger partial charge in [-0.2, -0.15) is 0 Å². The minimum Gasteiger partial charge on any atom is -0.357 e. The summed E-state index contributed by atoms with van der Waals surface area (Å²) in [5.74, 6) is 1.18. The minimum atomic E-state index is -0.132. The fourth-order valence-corrected chi connectivity index (χ4v) is 2.25. The fourth-order valence-electron chi connectivity index (χ4n) is 1.89. The van der Waals surface area contributed by atoms with Crippen LogP contribution in [0.15, 0.2) is 27.7 Å². The molecule has 128 valence electrons. The molecule has 1 aromatic carbocycles. The molecule has 0 aliphatic carbocycles. The number of hydrogen-bond donors (Lipinski definition) is 3. The third-order valence-corrected chi connectivity index (χ3v) is 3.71. The Morgan fingerprint density at radius 3 is 2.70 bits per heavy atom. The van der Waals surface area contributed by atoms with Crippen LogP contribution in [0.2, 0.25) is 0 Å². The number of anilines is 1. The lowest BCUT2D eigenvalue weighted by Crippen LogP contribution is -2.38. The van der Waals surface area contributed by atoms with Crippen LogP contribution in [0.1, 0.15) is 32.8 Å². The number of benzene rings is 1. The monoisotopic (exact) mass is 382 g/mol. The van der Waals surface area contributed by atoms with Crippen LogP contribution in [0.5, 0.6) is 0 Å². The maximum atomic E-state index is 12.1. The van der Waals surface area contributed by atoms with Gasteiger partial charge in [-0.3, -0.25) is 4.79 Å². The average molecular weight is 383 g/mol. The Balaban J connectivity index is 2.56. The van der Waals surface area contributed by atoms with Crippen molar-refractivity contribution >= 4 is 33.5 Å². The molecule has 0 aromatic heterocycles. The van der Waals surface area contributed by atoms with Crippen molar-refractivity contribution in [2.24, 2.45) is 10.9 Å². The highest BCUT2D eigenvalue weighted by Crippen LogP contribution is 2.20. The van der Waals surface area contributed by atoms with Crippen LogP contribution >= 0.6 is 15.9 Å². The molecule has 23 heavy (non-hydrogen) atoms. The number of hydrogen-bond acceptors (Lipinski definition) is 2. The summed E-state index contributed by atoms with van der Waals surface area (Å²) in [7, 11) is 0. The van der Waals surface area contributed by atoms with E-state index in [4.69, 9.17) is 0 Å². The van der Waals surface area contributed by atoms with Crippen molar-refractivity contribution in [3.8, 4) is 0 Å². The average Bonchev–Trinajstić information content (AvgIpc) is 2.48. The maximum absolute atomic E-state index is 12.1. The number of aryl methyl sites for hydroxylation is 1. The summed E-state index contributed by atoms with van der Waals surface area (Å²) in [6.45, 7) is 10.0. The van der Waals surface area contributed by atoms with E-state index in [2.05, 4.69) is 50.7 Å². The molecular formula is C17H27BrN4O. The van der Waals surface area contributed by atoms with Gasteiger partial charge in [-0.25, -0.2) is 4.99 Å². The van der Waals surface area contributed by atoms with Gasteiger partial charge in [0.15, 0.2) is 5.96 Å². The second-order valence-electron chi connectivity index (χ2n) is 5.81. The summed E-state index contributed by atoms with van der Waals surface area (Å²) in [5, 5.41) is 9.28. The van der Waals surface area contributed by atoms with Crippen LogP contribution in [0.4, 0.5) is 5.69 Å². The molecule has 0 heterocycles. The summed E-state index contributed by atoms with van der Waals surface area (Å²) < 4.78 is 0.936. The maximum Gasteiger partial charge on any atom is 0.246 e. The summed E-state index contributed by atoms with van der Waals surface area (Å²) in [6.07, 6.45) is 1.06. The lowest BCUT2D eigenvalue weighted by atomic mass is 10.1. The Kier molecular flexibility index (Phi) is 8.69. The first kappa shape index (κ1) is 19.5. The molecule has 0 saturated heterocycles. The molecule has 1 aromatic rings. The van der Waals surface area contributed by atoms with Crippen molar-refractivity contribution in [3.05, 3.63) is 28.2 Å². The summed E-state index contributed by atoms with van der Waals surface area (Å²) in [5.41, 5.74) is 1.82. The van der Waals surface area contributed by atoms with Gasteiger partial charge in [0.1, 0.15) is 6.54 Å². The fraction of sp³-hybridized carbons (Fsp3) is 0.529. The highest BCUT2D eigenvalue weighted by Gasteiger charge is 2.06. The molecule has 0 unspecified atom stereocenters. The zero-order chi connectivity index (χ0) is 17.2. The first-order valence-electron chi connectivity index (χ1n) is 8.00. The number of nitrogens with zero attached hydrogens (tertiary/aromatic N) is 1. The van der Waals surface area contributed by atoms with E-state index >= 15 is 0 Å². The van der Waals surface area contributed by atoms with Crippen LogP contribution in [0.3, 0.4) is 0 Å². The van der Waals surface area contributed by atoms with Gasteiger partial charge < -0.3 is 16.0 Å². The number of amides is 1. The zero-order valence-corrected chi connectivity index (χ0v) is 16.0. The van der Waals surface area contributed by atoms with E-state index in [1.165, 1.54) is 0 Å². The molecule has 0 radical (unpaired) electrons. The Morgan fingerprint density at radius 1 is 1.30 bits per heavy atom. The van der Waals surface area contributed by atoms with E-state index in [0.717, 1.165) is 35.2 Å². The molecule has 0 saturated carbocycles. The third-order valence-electron chi connectivity index (χ3n) is 3.21. The minimum absolute atomic E-state index is 0.0863. The van der Waals surface area contributed by atoms with Crippen molar-refractivity contribution in [2.45, 2.75) is 34.1 Å². The second-order valence-corrected chi connectivity index (χ2v) is 6.73.